The SMILES string of the molecule is c1coc(-c2nnc(SCc3coc(-c4cccs4)n3)o2)c1. The smallest absolute Gasteiger partial charge is 0.284 e. The van der Waals surface area contributed by atoms with Crippen molar-refractivity contribution in [2.75, 3.05) is 0 Å². The van der Waals surface area contributed by atoms with E-state index in [1.165, 1.54) is 11.8 Å². The second-order valence-electron chi connectivity index (χ2n) is 4.26. The number of rotatable bonds is 5. The molecule has 0 atom stereocenters. The van der Waals surface area contributed by atoms with E-state index in [0.717, 1.165) is 10.6 Å². The third-order valence-electron chi connectivity index (χ3n) is 2.77. The van der Waals surface area contributed by atoms with Crippen LogP contribution in [0, 0.1) is 0 Å². The van der Waals surface area contributed by atoms with Gasteiger partial charge >= 0.3 is 0 Å². The fourth-order valence-corrected chi connectivity index (χ4v) is 3.09. The summed E-state index contributed by atoms with van der Waals surface area (Å²) < 4.78 is 16.2. The quantitative estimate of drug-likeness (QED) is 0.503. The molecule has 0 saturated heterocycles. The van der Waals surface area contributed by atoms with Crippen molar-refractivity contribution in [3.63, 3.8) is 0 Å². The molecule has 0 saturated carbocycles. The van der Waals surface area contributed by atoms with Gasteiger partial charge in [-0.1, -0.05) is 17.8 Å². The molecule has 22 heavy (non-hydrogen) atoms. The number of aromatic nitrogens is 3. The maximum Gasteiger partial charge on any atom is 0.284 e. The van der Waals surface area contributed by atoms with E-state index in [4.69, 9.17) is 13.3 Å². The minimum Gasteiger partial charge on any atom is -0.459 e. The van der Waals surface area contributed by atoms with Crippen LogP contribution in [0.25, 0.3) is 22.4 Å². The van der Waals surface area contributed by atoms with Gasteiger partial charge in [0, 0.05) is 5.75 Å². The first-order valence-corrected chi connectivity index (χ1v) is 8.23. The van der Waals surface area contributed by atoms with Crippen LogP contribution >= 0.6 is 23.1 Å². The highest BCUT2D eigenvalue weighted by atomic mass is 32.2. The molecule has 0 spiro atoms. The van der Waals surface area contributed by atoms with Crippen molar-refractivity contribution in [2.45, 2.75) is 11.0 Å². The van der Waals surface area contributed by atoms with Crippen LogP contribution in [0.4, 0.5) is 0 Å². The molecular weight excluding hydrogens is 322 g/mol. The van der Waals surface area contributed by atoms with Crippen molar-refractivity contribution < 1.29 is 13.3 Å². The predicted octanol–water partition coefficient (Wildman–Crippen LogP) is 4.34. The molecule has 0 aliphatic rings. The molecule has 4 aromatic heterocycles. The van der Waals surface area contributed by atoms with E-state index < -0.39 is 0 Å². The van der Waals surface area contributed by atoms with Crippen LogP contribution in [0.5, 0.6) is 0 Å². The van der Waals surface area contributed by atoms with E-state index >= 15 is 0 Å². The van der Waals surface area contributed by atoms with Gasteiger partial charge in [0.2, 0.25) is 5.89 Å². The summed E-state index contributed by atoms with van der Waals surface area (Å²) in [7, 11) is 0. The molecular formula is C14H9N3O3S2. The third kappa shape index (κ3) is 2.70. The van der Waals surface area contributed by atoms with Crippen LogP contribution in [0.2, 0.25) is 0 Å². The zero-order chi connectivity index (χ0) is 14.8. The van der Waals surface area contributed by atoms with E-state index in [1.807, 2.05) is 17.5 Å². The molecule has 0 unspecified atom stereocenters. The Morgan fingerprint density at radius 1 is 1.09 bits per heavy atom. The Morgan fingerprint density at radius 2 is 2.09 bits per heavy atom. The van der Waals surface area contributed by atoms with Crippen LogP contribution < -0.4 is 0 Å². The summed E-state index contributed by atoms with van der Waals surface area (Å²) in [6.07, 6.45) is 3.21. The lowest BCUT2D eigenvalue weighted by atomic mass is 10.5. The van der Waals surface area contributed by atoms with Gasteiger partial charge in [-0.3, -0.25) is 0 Å². The van der Waals surface area contributed by atoms with Gasteiger partial charge in [-0.15, -0.1) is 21.5 Å². The number of furan rings is 1. The van der Waals surface area contributed by atoms with Gasteiger partial charge in [0.15, 0.2) is 5.76 Å². The highest BCUT2D eigenvalue weighted by Gasteiger charge is 2.13. The minimum absolute atomic E-state index is 0.368. The molecule has 6 nitrogen and oxygen atoms in total. The zero-order valence-corrected chi connectivity index (χ0v) is 12.8. The Bertz CT molecular complexity index is 777. The maximum absolute atomic E-state index is 5.52. The van der Waals surface area contributed by atoms with E-state index in [1.54, 1.807) is 36.0 Å². The fourth-order valence-electron chi connectivity index (χ4n) is 1.79. The molecule has 0 bridgehead atoms. The number of hydrogen-bond donors (Lipinski definition) is 0. The summed E-state index contributed by atoms with van der Waals surface area (Å²) in [5.41, 5.74) is 0.825. The second kappa shape index (κ2) is 5.82. The van der Waals surface area contributed by atoms with E-state index in [0.29, 0.717) is 28.5 Å². The molecule has 0 aromatic carbocycles. The molecule has 0 radical (unpaired) electrons. The van der Waals surface area contributed by atoms with Crippen molar-refractivity contribution in [2.24, 2.45) is 0 Å². The molecule has 4 heterocycles. The highest BCUT2D eigenvalue weighted by molar-refractivity contribution is 7.98. The Labute approximate surface area is 133 Å². The Kier molecular flexibility index (Phi) is 3.53. The summed E-state index contributed by atoms with van der Waals surface area (Å²) in [5, 5.41) is 10.4. The van der Waals surface area contributed by atoms with Crippen molar-refractivity contribution in [1.82, 2.24) is 15.2 Å². The van der Waals surface area contributed by atoms with Gasteiger partial charge in [0.1, 0.15) is 6.26 Å². The predicted molar refractivity (Wildman–Crippen MR) is 81.4 cm³/mol. The lowest BCUT2D eigenvalue weighted by molar-refractivity contribution is 0.447. The molecule has 0 amide bonds. The Morgan fingerprint density at radius 3 is 2.91 bits per heavy atom. The van der Waals surface area contributed by atoms with Crippen LogP contribution in [-0.2, 0) is 5.75 Å². The summed E-state index contributed by atoms with van der Waals surface area (Å²) >= 11 is 2.99. The Balaban J connectivity index is 1.43. The second-order valence-corrected chi connectivity index (χ2v) is 6.13. The maximum atomic E-state index is 5.52. The fraction of sp³-hybridized carbons (Fsp3) is 0.0714. The number of thioether (sulfide) groups is 1. The molecule has 0 N–H and O–H groups in total. The van der Waals surface area contributed by atoms with Gasteiger partial charge in [-0.25, -0.2) is 4.98 Å². The third-order valence-corrected chi connectivity index (χ3v) is 4.48. The van der Waals surface area contributed by atoms with Gasteiger partial charge in [0.25, 0.3) is 11.1 Å². The number of nitrogens with zero attached hydrogens (tertiary/aromatic N) is 3. The molecule has 0 fully saturated rings. The first-order chi connectivity index (χ1) is 10.9. The summed E-state index contributed by atoms with van der Waals surface area (Å²) in [6.45, 7) is 0. The van der Waals surface area contributed by atoms with Gasteiger partial charge < -0.3 is 13.3 Å². The Hall–Kier alpha value is -2.32. The number of hydrogen-bond acceptors (Lipinski definition) is 8. The first kappa shape index (κ1) is 13.4. The van der Waals surface area contributed by atoms with Crippen LogP contribution in [-0.4, -0.2) is 15.2 Å². The molecule has 0 aliphatic carbocycles. The lowest BCUT2D eigenvalue weighted by Crippen LogP contribution is -1.81. The molecule has 0 aliphatic heterocycles. The van der Waals surface area contributed by atoms with Crippen molar-refractivity contribution >= 4 is 23.1 Å². The molecule has 4 rings (SSSR count). The summed E-state index contributed by atoms with van der Waals surface area (Å²) in [5.74, 6) is 2.15. The number of oxazole rings is 1. The molecule has 8 heteroatoms. The standard InChI is InChI=1S/C14H9N3O3S2/c1-3-10(18-5-1)12-16-17-14(20-12)22-8-9-7-19-13(15-9)11-4-2-6-21-11/h1-7H,8H2. The van der Waals surface area contributed by atoms with Crippen LogP contribution in [0.15, 0.2) is 60.6 Å². The normalized spacial score (nSPS) is 11.1. The topological polar surface area (TPSA) is 78.1 Å². The van der Waals surface area contributed by atoms with Crippen molar-refractivity contribution in [1.29, 1.82) is 0 Å². The number of thiophene rings is 1. The van der Waals surface area contributed by atoms with Crippen LogP contribution in [0.1, 0.15) is 5.69 Å². The summed E-state index contributed by atoms with van der Waals surface area (Å²) in [4.78, 5) is 5.45. The van der Waals surface area contributed by atoms with Crippen molar-refractivity contribution in [3.8, 4) is 22.4 Å². The highest BCUT2D eigenvalue weighted by Crippen LogP contribution is 2.28. The van der Waals surface area contributed by atoms with E-state index in [2.05, 4.69) is 15.2 Å². The first-order valence-electron chi connectivity index (χ1n) is 6.37. The van der Waals surface area contributed by atoms with Gasteiger partial charge in [0.05, 0.1) is 16.8 Å². The minimum atomic E-state index is 0.368. The monoisotopic (exact) mass is 331 g/mol. The van der Waals surface area contributed by atoms with Crippen molar-refractivity contribution in [3.05, 3.63) is 47.9 Å². The average molecular weight is 331 g/mol. The molecule has 4 aromatic rings. The van der Waals surface area contributed by atoms with Gasteiger partial charge in [-0.2, -0.15) is 0 Å². The summed E-state index contributed by atoms with van der Waals surface area (Å²) in [6, 6.07) is 7.48. The van der Waals surface area contributed by atoms with E-state index in [-0.39, 0.29) is 0 Å². The largest absolute Gasteiger partial charge is 0.459 e. The van der Waals surface area contributed by atoms with Crippen LogP contribution in [0.3, 0.4) is 0 Å². The average Bonchev–Trinajstić information content (AvgIpc) is 3.33. The lowest BCUT2D eigenvalue weighted by Gasteiger charge is -1.90. The molecule has 110 valence electrons. The van der Waals surface area contributed by atoms with Gasteiger partial charge in [-0.05, 0) is 23.6 Å². The zero-order valence-electron chi connectivity index (χ0n) is 11.1. The van der Waals surface area contributed by atoms with E-state index in [9.17, 15) is 0 Å².